The molecule has 2 aromatic carbocycles. The third-order valence-electron chi connectivity index (χ3n) is 4.54. The molecule has 0 bridgehead atoms. The molecular formula is C21H24N2O7S. The maximum absolute atomic E-state index is 12.9. The van der Waals surface area contributed by atoms with Crippen molar-refractivity contribution in [1.82, 2.24) is 4.31 Å². The number of ether oxygens (including phenoxy) is 3. The van der Waals surface area contributed by atoms with E-state index in [4.69, 9.17) is 14.2 Å². The Hall–Kier alpha value is -2.95. The molecule has 0 aromatic heterocycles. The van der Waals surface area contributed by atoms with E-state index in [1.54, 1.807) is 31.2 Å². The highest BCUT2D eigenvalue weighted by molar-refractivity contribution is 7.89. The zero-order valence-electron chi connectivity index (χ0n) is 17.1. The van der Waals surface area contributed by atoms with Crippen LogP contribution in [0.4, 0.5) is 5.69 Å². The van der Waals surface area contributed by atoms with Crippen LogP contribution in [0.5, 0.6) is 11.5 Å². The van der Waals surface area contributed by atoms with E-state index in [0.717, 1.165) is 0 Å². The summed E-state index contributed by atoms with van der Waals surface area (Å²) in [6.07, 6.45) is 0.639. The molecule has 0 aliphatic carbocycles. The third kappa shape index (κ3) is 5.60. The molecule has 0 radical (unpaired) electrons. The van der Waals surface area contributed by atoms with E-state index in [1.807, 2.05) is 0 Å². The lowest BCUT2D eigenvalue weighted by Crippen LogP contribution is -2.40. The fraction of sp³-hybridized carbons (Fsp3) is 0.333. The first-order chi connectivity index (χ1) is 15.0. The standard InChI is InChI=1S/C21H24N2O7S/c1-2-29-20-8-7-17(31(26,27)23-9-11-28-12-10-23)13-18(20)22-21(25)15-30-19-6-4-3-5-16(19)14-24/h3-8,13-14H,2,9-12,15H2,1H3,(H,22,25). The van der Waals surface area contributed by atoms with Gasteiger partial charge in [-0.3, -0.25) is 9.59 Å². The lowest BCUT2D eigenvalue weighted by Gasteiger charge is -2.26. The van der Waals surface area contributed by atoms with Crippen molar-refractivity contribution in [2.75, 3.05) is 44.8 Å². The van der Waals surface area contributed by atoms with Crippen LogP contribution < -0.4 is 14.8 Å². The van der Waals surface area contributed by atoms with Crippen LogP contribution in [0, 0.1) is 0 Å². The molecule has 1 heterocycles. The monoisotopic (exact) mass is 448 g/mol. The Morgan fingerprint density at radius 2 is 1.87 bits per heavy atom. The molecule has 1 saturated heterocycles. The second-order valence-electron chi connectivity index (χ2n) is 6.60. The number of sulfonamides is 1. The maximum Gasteiger partial charge on any atom is 0.262 e. The van der Waals surface area contributed by atoms with Crippen LogP contribution in [-0.2, 0) is 19.6 Å². The molecule has 2 aromatic rings. The van der Waals surface area contributed by atoms with Gasteiger partial charge in [0, 0.05) is 13.1 Å². The Kier molecular flexibility index (Phi) is 7.61. The third-order valence-corrected chi connectivity index (χ3v) is 6.43. The molecule has 1 amide bonds. The number of anilines is 1. The first kappa shape index (κ1) is 22.7. The summed E-state index contributed by atoms with van der Waals surface area (Å²) in [5.74, 6) is 0.0916. The van der Waals surface area contributed by atoms with Gasteiger partial charge < -0.3 is 19.5 Å². The van der Waals surface area contributed by atoms with E-state index in [0.29, 0.717) is 37.4 Å². The van der Waals surface area contributed by atoms with Crippen molar-refractivity contribution < 1.29 is 32.2 Å². The lowest BCUT2D eigenvalue weighted by molar-refractivity contribution is -0.118. The second-order valence-corrected chi connectivity index (χ2v) is 8.54. The van der Waals surface area contributed by atoms with Gasteiger partial charge in [-0.2, -0.15) is 4.31 Å². The molecule has 10 heteroatoms. The van der Waals surface area contributed by atoms with Gasteiger partial charge >= 0.3 is 0 Å². The topological polar surface area (TPSA) is 111 Å². The zero-order valence-corrected chi connectivity index (χ0v) is 17.9. The number of nitrogens with zero attached hydrogens (tertiary/aromatic N) is 1. The van der Waals surface area contributed by atoms with Gasteiger partial charge in [0.2, 0.25) is 10.0 Å². The van der Waals surface area contributed by atoms with E-state index in [9.17, 15) is 18.0 Å². The molecule has 1 fully saturated rings. The van der Waals surface area contributed by atoms with E-state index in [2.05, 4.69) is 5.32 Å². The van der Waals surface area contributed by atoms with Crippen LogP contribution in [0.15, 0.2) is 47.4 Å². The minimum absolute atomic E-state index is 0.0420. The fourth-order valence-electron chi connectivity index (χ4n) is 3.02. The largest absolute Gasteiger partial charge is 0.492 e. The van der Waals surface area contributed by atoms with Crippen LogP contribution in [-0.4, -0.2) is 64.4 Å². The van der Waals surface area contributed by atoms with Crippen LogP contribution >= 0.6 is 0 Å². The number of aldehydes is 1. The predicted molar refractivity (Wildman–Crippen MR) is 113 cm³/mol. The van der Waals surface area contributed by atoms with Gasteiger partial charge in [-0.1, -0.05) is 12.1 Å². The summed E-state index contributed by atoms with van der Waals surface area (Å²) in [6.45, 7) is 2.95. The number of hydrogen-bond acceptors (Lipinski definition) is 7. The van der Waals surface area contributed by atoms with E-state index >= 15 is 0 Å². The van der Waals surface area contributed by atoms with Crippen LogP contribution in [0.2, 0.25) is 0 Å². The molecule has 0 atom stereocenters. The number of amides is 1. The Morgan fingerprint density at radius 3 is 2.58 bits per heavy atom. The number of carbonyl (C=O) groups is 2. The van der Waals surface area contributed by atoms with Crippen molar-refractivity contribution in [2.45, 2.75) is 11.8 Å². The van der Waals surface area contributed by atoms with Crippen molar-refractivity contribution in [3.05, 3.63) is 48.0 Å². The van der Waals surface area contributed by atoms with Gasteiger partial charge in [0.25, 0.3) is 5.91 Å². The maximum atomic E-state index is 12.9. The molecule has 1 aliphatic heterocycles. The number of carbonyl (C=O) groups excluding carboxylic acids is 2. The highest BCUT2D eigenvalue weighted by Crippen LogP contribution is 2.29. The molecule has 166 valence electrons. The SMILES string of the molecule is CCOc1ccc(S(=O)(=O)N2CCOCC2)cc1NC(=O)COc1ccccc1C=O. The van der Waals surface area contributed by atoms with Crippen LogP contribution in [0.25, 0.3) is 0 Å². The minimum atomic E-state index is -3.74. The van der Waals surface area contributed by atoms with Gasteiger partial charge in [0.05, 0.1) is 36.0 Å². The Bertz CT molecular complexity index is 1030. The van der Waals surface area contributed by atoms with Gasteiger partial charge in [-0.15, -0.1) is 0 Å². The summed E-state index contributed by atoms with van der Waals surface area (Å²) in [4.78, 5) is 23.6. The average Bonchev–Trinajstić information content (AvgIpc) is 2.79. The van der Waals surface area contributed by atoms with Gasteiger partial charge in [-0.05, 0) is 37.3 Å². The summed E-state index contributed by atoms with van der Waals surface area (Å²) in [5.41, 5.74) is 0.539. The fourth-order valence-corrected chi connectivity index (χ4v) is 4.46. The highest BCUT2D eigenvalue weighted by atomic mass is 32.2. The zero-order chi connectivity index (χ0) is 22.3. The normalized spacial score (nSPS) is 14.6. The number of para-hydroxylation sites is 1. The lowest BCUT2D eigenvalue weighted by atomic mass is 10.2. The molecule has 1 aliphatic rings. The van der Waals surface area contributed by atoms with Crippen molar-refractivity contribution >= 4 is 27.9 Å². The molecule has 31 heavy (non-hydrogen) atoms. The predicted octanol–water partition coefficient (Wildman–Crippen LogP) is 1.94. The Morgan fingerprint density at radius 1 is 1.13 bits per heavy atom. The summed E-state index contributed by atoms with van der Waals surface area (Å²) < 4.78 is 43.4. The van der Waals surface area contributed by atoms with Crippen LogP contribution in [0.3, 0.4) is 0 Å². The van der Waals surface area contributed by atoms with E-state index in [1.165, 1.54) is 22.5 Å². The van der Waals surface area contributed by atoms with Crippen molar-refractivity contribution in [3.8, 4) is 11.5 Å². The molecule has 1 N–H and O–H groups in total. The number of rotatable bonds is 9. The van der Waals surface area contributed by atoms with Crippen molar-refractivity contribution in [1.29, 1.82) is 0 Å². The Labute approximate surface area is 181 Å². The van der Waals surface area contributed by atoms with E-state index in [-0.39, 0.29) is 36.0 Å². The van der Waals surface area contributed by atoms with Gasteiger partial charge in [0.1, 0.15) is 11.5 Å². The minimum Gasteiger partial charge on any atom is -0.492 e. The second kappa shape index (κ2) is 10.4. The quantitative estimate of drug-likeness (QED) is 0.584. The number of nitrogens with one attached hydrogen (secondary N) is 1. The first-order valence-electron chi connectivity index (χ1n) is 9.77. The Balaban J connectivity index is 1.77. The number of morpholine rings is 1. The van der Waals surface area contributed by atoms with Crippen LogP contribution in [0.1, 0.15) is 17.3 Å². The summed E-state index contributed by atoms with van der Waals surface area (Å²) in [7, 11) is -3.74. The number of hydrogen-bond donors (Lipinski definition) is 1. The molecular weight excluding hydrogens is 424 g/mol. The number of benzene rings is 2. The van der Waals surface area contributed by atoms with Gasteiger partial charge in [0.15, 0.2) is 12.9 Å². The summed E-state index contributed by atoms with van der Waals surface area (Å²) >= 11 is 0. The molecule has 0 saturated carbocycles. The summed E-state index contributed by atoms with van der Waals surface area (Å²) in [6, 6.07) is 10.9. The van der Waals surface area contributed by atoms with Crippen molar-refractivity contribution in [3.63, 3.8) is 0 Å². The molecule has 9 nitrogen and oxygen atoms in total. The first-order valence-corrected chi connectivity index (χ1v) is 11.2. The average molecular weight is 448 g/mol. The van der Waals surface area contributed by atoms with Gasteiger partial charge in [-0.25, -0.2) is 8.42 Å². The highest BCUT2D eigenvalue weighted by Gasteiger charge is 2.27. The van der Waals surface area contributed by atoms with E-state index < -0.39 is 15.9 Å². The summed E-state index contributed by atoms with van der Waals surface area (Å²) in [5, 5.41) is 2.63. The smallest absolute Gasteiger partial charge is 0.262 e. The molecule has 0 unspecified atom stereocenters. The molecule has 0 spiro atoms. The molecule has 3 rings (SSSR count). The van der Waals surface area contributed by atoms with Crippen molar-refractivity contribution in [2.24, 2.45) is 0 Å².